The standard InChI is InChI=1S/C10H10F3NO2/c1-6-4-2-3-5-7(6)9(11,12)10(13,14)8(15)16/h2-5H,14H2,1H3,(H,15,16)/t10-/m1/s1. The van der Waals surface area contributed by atoms with E-state index in [0.717, 1.165) is 6.07 Å². The molecule has 6 heteroatoms. The zero-order valence-corrected chi connectivity index (χ0v) is 8.38. The first-order valence-electron chi connectivity index (χ1n) is 4.36. The van der Waals surface area contributed by atoms with E-state index in [2.05, 4.69) is 5.73 Å². The Balaban J connectivity index is 3.32. The number of rotatable bonds is 3. The second-order valence-electron chi connectivity index (χ2n) is 3.41. The predicted octanol–water partition coefficient (Wildman–Crippen LogP) is 1.80. The van der Waals surface area contributed by atoms with E-state index >= 15 is 0 Å². The number of halogens is 3. The molecule has 1 aromatic carbocycles. The first-order valence-corrected chi connectivity index (χ1v) is 4.36. The molecule has 0 aliphatic heterocycles. The van der Waals surface area contributed by atoms with Gasteiger partial charge < -0.3 is 5.11 Å². The maximum Gasteiger partial charge on any atom is 0.363 e. The van der Waals surface area contributed by atoms with E-state index in [1.165, 1.54) is 25.1 Å². The van der Waals surface area contributed by atoms with Crippen LogP contribution in [0.2, 0.25) is 0 Å². The Morgan fingerprint density at radius 1 is 1.31 bits per heavy atom. The van der Waals surface area contributed by atoms with Crippen LogP contribution >= 0.6 is 0 Å². The molecule has 0 aliphatic rings. The Labute approximate surface area is 89.7 Å². The summed E-state index contributed by atoms with van der Waals surface area (Å²) in [5.74, 6) is -10.8. The summed E-state index contributed by atoms with van der Waals surface area (Å²) in [7, 11) is 0. The quantitative estimate of drug-likeness (QED) is 0.782. The molecule has 88 valence electrons. The van der Waals surface area contributed by atoms with Crippen molar-refractivity contribution >= 4 is 5.97 Å². The number of benzene rings is 1. The Morgan fingerprint density at radius 2 is 1.81 bits per heavy atom. The topological polar surface area (TPSA) is 63.3 Å². The molecule has 0 unspecified atom stereocenters. The summed E-state index contributed by atoms with van der Waals surface area (Å²) >= 11 is 0. The van der Waals surface area contributed by atoms with Crippen molar-refractivity contribution in [3.8, 4) is 0 Å². The van der Waals surface area contributed by atoms with Gasteiger partial charge in [0.2, 0.25) is 0 Å². The van der Waals surface area contributed by atoms with E-state index in [9.17, 15) is 18.0 Å². The summed E-state index contributed by atoms with van der Waals surface area (Å²) in [4.78, 5) is 10.4. The molecule has 1 rings (SSSR count). The Hall–Kier alpha value is -1.56. The molecule has 1 aromatic rings. The zero-order chi connectivity index (χ0) is 12.6. The van der Waals surface area contributed by atoms with E-state index < -0.39 is 23.2 Å². The molecule has 0 aliphatic carbocycles. The number of hydrogen-bond acceptors (Lipinski definition) is 2. The maximum atomic E-state index is 13.6. The van der Waals surface area contributed by atoms with Gasteiger partial charge in [-0.05, 0) is 12.5 Å². The number of carbonyl (C=O) groups is 1. The summed E-state index contributed by atoms with van der Waals surface area (Å²) in [6.45, 7) is 1.32. The molecule has 0 fully saturated rings. The van der Waals surface area contributed by atoms with Gasteiger partial charge in [-0.1, -0.05) is 24.3 Å². The lowest BCUT2D eigenvalue weighted by molar-refractivity contribution is -0.187. The fraction of sp³-hybridized carbons (Fsp3) is 0.300. The first kappa shape index (κ1) is 12.5. The normalized spacial score (nSPS) is 15.6. The van der Waals surface area contributed by atoms with Crippen LogP contribution in [-0.2, 0) is 10.7 Å². The van der Waals surface area contributed by atoms with E-state index in [1.54, 1.807) is 0 Å². The second-order valence-corrected chi connectivity index (χ2v) is 3.41. The van der Waals surface area contributed by atoms with Gasteiger partial charge in [0.15, 0.2) is 0 Å². The molecule has 0 saturated heterocycles. The molecule has 0 spiro atoms. The SMILES string of the molecule is Cc1ccccc1C(F)(F)[C@@](N)(F)C(=O)O. The van der Waals surface area contributed by atoms with Gasteiger partial charge in [0.25, 0.3) is 0 Å². The highest BCUT2D eigenvalue weighted by atomic mass is 19.3. The molecule has 3 nitrogen and oxygen atoms in total. The van der Waals surface area contributed by atoms with Crippen molar-refractivity contribution in [3.05, 3.63) is 35.4 Å². The largest absolute Gasteiger partial charge is 0.478 e. The summed E-state index contributed by atoms with van der Waals surface area (Å²) in [6.07, 6.45) is 0. The number of aryl methyl sites for hydroxylation is 1. The fourth-order valence-electron chi connectivity index (χ4n) is 1.26. The van der Waals surface area contributed by atoms with Gasteiger partial charge in [-0.25, -0.2) is 9.18 Å². The molecule has 0 radical (unpaired) electrons. The van der Waals surface area contributed by atoms with Crippen LogP contribution in [0.25, 0.3) is 0 Å². The highest BCUT2D eigenvalue weighted by molar-refractivity contribution is 5.78. The number of carboxylic acid groups (broad SMARTS) is 1. The van der Waals surface area contributed by atoms with Crippen LogP contribution in [0, 0.1) is 6.92 Å². The average molecular weight is 233 g/mol. The van der Waals surface area contributed by atoms with Crippen molar-refractivity contribution in [1.82, 2.24) is 0 Å². The van der Waals surface area contributed by atoms with Gasteiger partial charge >= 0.3 is 17.7 Å². The Bertz CT molecular complexity index is 418. The van der Waals surface area contributed by atoms with Crippen LogP contribution in [0.1, 0.15) is 11.1 Å². The molecule has 0 aromatic heterocycles. The van der Waals surface area contributed by atoms with Crippen LogP contribution in [0.3, 0.4) is 0 Å². The molecule has 1 atom stereocenters. The van der Waals surface area contributed by atoms with Crippen LogP contribution < -0.4 is 5.73 Å². The average Bonchev–Trinajstić information content (AvgIpc) is 2.17. The van der Waals surface area contributed by atoms with Crippen LogP contribution in [0.15, 0.2) is 24.3 Å². The maximum absolute atomic E-state index is 13.6. The highest BCUT2D eigenvalue weighted by Crippen LogP contribution is 2.40. The molecule has 0 amide bonds. The smallest absolute Gasteiger partial charge is 0.363 e. The van der Waals surface area contributed by atoms with Gasteiger partial charge in [-0.3, -0.25) is 5.73 Å². The molecule has 0 bridgehead atoms. The van der Waals surface area contributed by atoms with E-state index in [1.807, 2.05) is 0 Å². The van der Waals surface area contributed by atoms with Gasteiger partial charge in [-0.15, -0.1) is 0 Å². The van der Waals surface area contributed by atoms with Gasteiger partial charge in [0.1, 0.15) is 0 Å². The minimum atomic E-state index is -4.29. The van der Waals surface area contributed by atoms with Crippen molar-refractivity contribution in [1.29, 1.82) is 0 Å². The third-order valence-electron chi connectivity index (χ3n) is 2.25. The number of carboxylic acids is 1. The third-order valence-corrected chi connectivity index (χ3v) is 2.25. The summed E-state index contributed by atoms with van der Waals surface area (Å²) < 4.78 is 40.4. The monoisotopic (exact) mass is 233 g/mol. The highest BCUT2D eigenvalue weighted by Gasteiger charge is 2.59. The van der Waals surface area contributed by atoms with E-state index in [4.69, 9.17) is 5.11 Å². The Kier molecular flexibility index (Phi) is 2.96. The number of hydrogen-bond donors (Lipinski definition) is 2. The number of aliphatic carboxylic acids is 1. The second kappa shape index (κ2) is 3.79. The van der Waals surface area contributed by atoms with Crippen molar-refractivity contribution in [2.24, 2.45) is 5.73 Å². The van der Waals surface area contributed by atoms with Crippen LogP contribution in [0.4, 0.5) is 13.2 Å². The zero-order valence-electron chi connectivity index (χ0n) is 8.38. The molecule has 0 saturated carbocycles. The predicted molar refractivity (Wildman–Crippen MR) is 50.7 cm³/mol. The van der Waals surface area contributed by atoms with Gasteiger partial charge in [0.05, 0.1) is 0 Å². The van der Waals surface area contributed by atoms with Gasteiger partial charge in [0, 0.05) is 5.56 Å². The lowest BCUT2D eigenvalue weighted by Gasteiger charge is -2.27. The minimum Gasteiger partial charge on any atom is -0.478 e. The summed E-state index contributed by atoms with van der Waals surface area (Å²) in [5, 5.41) is 8.35. The third kappa shape index (κ3) is 1.76. The summed E-state index contributed by atoms with van der Waals surface area (Å²) in [5.41, 5.74) is 3.86. The molecule has 3 N–H and O–H groups in total. The lowest BCUT2D eigenvalue weighted by atomic mass is 9.95. The molecular formula is C10H10F3NO2. The molecule has 0 heterocycles. The van der Waals surface area contributed by atoms with E-state index in [-0.39, 0.29) is 5.56 Å². The van der Waals surface area contributed by atoms with Gasteiger partial charge in [-0.2, -0.15) is 8.78 Å². The Morgan fingerprint density at radius 3 is 2.25 bits per heavy atom. The molecular weight excluding hydrogens is 223 g/mol. The minimum absolute atomic E-state index is 0.0706. The number of alkyl halides is 3. The van der Waals surface area contributed by atoms with Crippen molar-refractivity contribution < 1.29 is 23.1 Å². The fourth-order valence-corrected chi connectivity index (χ4v) is 1.26. The number of nitrogens with two attached hydrogens (primary N) is 1. The molecule has 16 heavy (non-hydrogen) atoms. The van der Waals surface area contributed by atoms with Crippen LogP contribution in [-0.4, -0.2) is 16.9 Å². The van der Waals surface area contributed by atoms with Crippen molar-refractivity contribution in [2.75, 3.05) is 0 Å². The van der Waals surface area contributed by atoms with Crippen molar-refractivity contribution in [3.63, 3.8) is 0 Å². The van der Waals surface area contributed by atoms with E-state index in [0.29, 0.717) is 0 Å². The summed E-state index contributed by atoms with van der Waals surface area (Å²) in [6, 6.07) is 5.00. The van der Waals surface area contributed by atoms with Crippen LogP contribution in [0.5, 0.6) is 0 Å². The van der Waals surface area contributed by atoms with Crippen molar-refractivity contribution in [2.45, 2.75) is 18.6 Å². The lowest BCUT2D eigenvalue weighted by Crippen LogP contribution is -2.56. The first-order chi connectivity index (χ1) is 7.21.